The molecule has 172 valence electrons. The van der Waals surface area contributed by atoms with Gasteiger partial charge in [0, 0.05) is 35.2 Å². The van der Waals surface area contributed by atoms with E-state index in [9.17, 15) is 9.59 Å². The maximum atomic E-state index is 12.7. The Bertz CT molecular complexity index is 926. The van der Waals surface area contributed by atoms with Crippen LogP contribution in [-0.2, 0) is 4.74 Å². The molecule has 3 amide bonds. The van der Waals surface area contributed by atoms with Crippen LogP contribution < -0.4 is 15.4 Å². The quantitative estimate of drug-likeness (QED) is 0.587. The number of anilines is 1. The van der Waals surface area contributed by atoms with Crippen LogP contribution in [0, 0.1) is 0 Å². The summed E-state index contributed by atoms with van der Waals surface area (Å²) in [6, 6.07) is 14.7. The highest BCUT2D eigenvalue weighted by atomic mass is 79.9. The van der Waals surface area contributed by atoms with E-state index in [2.05, 4.69) is 26.6 Å². The first-order valence-electron chi connectivity index (χ1n) is 10.6. The minimum Gasteiger partial charge on any atom is -0.497 e. The molecule has 1 unspecified atom stereocenters. The minimum atomic E-state index is -0.563. The maximum absolute atomic E-state index is 12.7. The third kappa shape index (κ3) is 6.63. The number of hydrogen-bond donors (Lipinski definition) is 2. The van der Waals surface area contributed by atoms with Crippen molar-refractivity contribution in [2.45, 2.75) is 44.8 Å². The molecule has 1 fully saturated rings. The molecule has 1 aliphatic heterocycles. The molecule has 0 radical (unpaired) electrons. The highest BCUT2D eigenvalue weighted by Gasteiger charge is 2.35. The van der Waals surface area contributed by atoms with Crippen LogP contribution in [-0.4, -0.2) is 48.9 Å². The number of rotatable bonds is 4. The molecule has 0 bridgehead atoms. The standard InChI is InChI=1S/C24H30BrN3O4/c1-24(2,3)32-23(30)28-14-13-21(20(15-28)16-5-11-19(31-4)12-6-16)27-22(29)26-18-9-7-17(25)8-10-18/h5-12,20-21H,13-15H2,1-4H3,(H2,26,27,29)/t20-,21?/m0/s1. The number of urea groups is 1. The zero-order valence-corrected chi connectivity index (χ0v) is 20.4. The largest absolute Gasteiger partial charge is 0.497 e. The van der Waals surface area contributed by atoms with Gasteiger partial charge in [0.1, 0.15) is 11.4 Å². The van der Waals surface area contributed by atoms with E-state index in [1.807, 2.05) is 69.3 Å². The van der Waals surface area contributed by atoms with Gasteiger partial charge in [0.05, 0.1) is 7.11 Å². The number of benzene rings is 2. The van der Waals surface area contributed by atoms with Gasteiger partial charge in [0.25, 0.3) is 0 Å². The van der Waals surface area contributed by atoms with Gasteiger partial charge in [-0.2, -0.15) is 0 Å². The number of halogens is 1. The lowest BCUT2D eigenvalue weighted by molar-refractivity contribution is 0.0180. The summed E-state index contributed by atoms with van der Waals surface area (Å²) >= 11 is 3.39. The number of nitrogens with zero attached hydrogens (tertiary/aromatic N) is 1. The van der Waals surface area contributed by atoms with Crippen LogP contribution in [0.15, 0.2) is 53.0 Å². The third-order valence-electron chi connectivity index (χ3n) is 5.23. The second-order valence-electron chi connectivity index (χ2n) is 8.81. The molecule has 7 nitrogen and oxygen atoms in total. The summed E-state index contributed by atoms with van der Waals surface area (Å²) in [4.78, 5) is 27.1. The molecule has 0 aliphatic carbocycles. The summed E-state index contributed by atoms with van der Waals surface area (Å²) in [6.07, 6.45) is 0.276. The summed E-state index contributed by atoms with van der Waals surface area (Å²) in [6.45, 7) is 6.52. The van der Waals surface area contributed by atoms with Crippen molar-refractivity contribution in [2.24, 2.45) is 0 Å². The molecular weight excluding hydrogens is 474 g/mol. The molecule has 1 saturated heterocycles. The number of piperidine rings is 1. The fourth-order valence-corrected chi connectivity index (χ4v) is 3.94. The molecule has 1 aliphatic rings. The van der Waals surface area contributed by atoms with E-state index in [0.29, 0.717) is 25.2 Å². The first kappa shape index (κ1) is 23.9. The van der Waals surface area contributed by atoms with Crippen molar-refractivity contribution in [3.63, 3.8) is 0 Å². The summed E-state index contributed by atoms with van der Waals surface area (Å²) in [5.41, 5.74) is 1.16. The lowest BCUT2D eigenvalue weighted by atomic mass is 9.86. The van der Waals surface area contributed by atoms with Crippen LogP contribution in [0.25, 0.3) is 0 Å². The molecule has 3 rings (SSSR count). The van der Waals surface area contributed by atoms with Crippen molar-refractivity contribution in [2.75, 3.05) is 25.5 Å². The molecule has 1 heterocycles. The Morgan fingerprint density at radius 1 is 1.06 bits per heavy atom. The van der Waals surface area contributed by atoms with Crippen LogP contribution in [0.3, 0.4) is 0 Å². The Kier molecular flexibility index (Phi) is 7.66. The number of ether oxygens (including phenoxy) is 2. The smallest absolute Gasteiger partial charge is 0.410 e. The fourth-order valence-electron chi connectivity index (χ4n) is 3.67. The van der Waals surface area contributed by atoms with Crippen molar-refractivity contribution in [3.8, 4) is 5.75 Å². The zero-order chi connectivity index (χ0) is 23.3. The Morgan fingerprint density at radius 2 is 1.72 bits per heavy atom. The van der Waals surface area contributed by atoms with Crippen LogP contribution in [0.4, 0.5) is 15.3 Å². The van der Waals surface area contributed by atoms with Crippen LogP contribution in [0.1, 0.15) is 38.7 Å². The third-order valence-corrected chi connectivity index (χ3v) is 5.76. The Balaban J connectivity index is 1.74. The minimum absolute atomic E-state index is 0.0853. The van der Waals surface area contributed by atoms with Crippen molar-refractivity contribution >= 4 is 33.7 Å². The topological polar surface area (TPSA) is 79.9 Å². The first-order chi connectivity index (χ1) is 15.1. The van der Waals surface area contributed by atoms with Gasteiger partial charge in [-0.15, -0.1) is 0 Å². The van der Waals surface area contributed by atoms with E-state index in [0.717, 1.165) is 15.8 Å². The van der Waals surface area contributed by atoms with Gasteiger partial charge in [0.2, 0.25) is 0 Å². The van der Waals surface area contributed by atoms with E-state index in [4.69, 9.17) is 9.47 Å². The second-order valence-corrected chi connectivity index (χ2v) is 9.72. The highest BCUT2D eigenvalue weighted by Crippen LogP contribution is 2.30. The monoisotopic (exact) mass is 503 g/mol. The summed E-state index contributed by atoms with van der Waals surface area (Å²) in [7, 11) is 1.62. The average Bonchev–Trinajstić information content (AvgIpc) is 2.74. The maximum Gasteiger partial charge on any atom is 0.410 e. The van der Waals surface area contributed by atoms with Crippen molar-refractivity contribution < 1.29 is 19.1 Å². The van der Waals surface area contributed by atoms with Crippen molar-refractivity contribution in [1.29, 1.82) is 0 Å². The normalized spacial score (nSPS) is 18.6. The molecule has 2 aromatic rings. The van der Waals surface area contributed by atoms with Gasteiger partial charge in [-0.25, -0.2) is 9.59 Å². The van der Waals surface area contributed by atoms with Crippen LogP contribution >= 0.6 is 15.9 Å². The summed E-state index contributed by atoms with van der Waals surface area (Å²) in [5, 5.41) is 5.97. The number of hydrogen-bond acceptors (Lipinski definition) is 4. The van der Waals surface area contributed by atoms with E-state index >= 15 is 0 Å². The van der Waals surface area contributed by atoms with Crippen LogP contribution in [0.5, 0.6) is 5.75 Å². The molecular formula is C24H30BrN3O4. The molecule has 8 heteroatoms. The predicted octanol–water partition coefficient (Wildman–Crippen LogP) is 5.37. The summed E-state index contributed by atoms with van der Waals surface area (Å²) < 4.78 is 11.8. The van der Waals surface area contributed by atoms with Gasteiger partial charge >= 0.3 is 12.1 Å². The lowest BCUT2D eigenvalue weighted by Gasteiger charge is -2.39. The van der Waals surface area contributed by atoms with Gasteiger partial charge in [-0.3, -0.25) is 0 Å². The number of likely N-dealkylation sites (tertiary alicyclic amines) is 1. The molecule has 0 spiro atoms. The first-order valence-corrected chi connectivity index (χ1v) is 11.4. The summed E-state index contributed by atoms with van der Waals surface area (Å²) in [5.74, 6) is 0.670. The highest BCUT2D eigenvalue weighted by molar-refractivity contribution is 9.10. The molecule has 32 heavy (non-hydrogen) atoms. The molecule has 0 aromatic heterocycles. The van der Waals surface area contributed by atoms with E-state index < -0.39 is 5.60 Å². The second kappa shape index (κ2) is 10.3. The van der Waals surface area contributed by atoms with Crippen molar-refractivity contribution in [3.05, 3.63) is 58.6 Å². The molecule has 2 atom stereocenters. The Morgan fingerprint density at radius 3 is 2.31 bits per heavy atom. The number of amides is 3. The van der Waals surface area contributed by atoms with Gasteiger partial charge in [-0.05, 0) is 69.2 Å². The molecule has 0 saturated carbocycles. The lowest BCUT2D eigenvalue weighted by Crippen LogP contribution is -2.52. The van der Waals surface area contributed by atoms with E-state index in [1.165, 1.54) is 0 Å². The van der Waals surface area contributed by atoms with Gasteiger partial charge in [0.15, 0.2) is 0 Å². The number of carbonyl (C=O) groups excluding carboxylic acids is 2. The molecule has 2 aromatic carbocycles. The predicted molar refractivity (Wildman–Crippen MR) is 128 cm³/mol. The Hall–Kier alpha value is -2.74. The SMILES string of the molecule is COc1ccc([C@@H]2CN(C(=O)OC(C)(C)C)CCC2NC(=O)Nc2ccc(Br)cc2)cc1. The number of nitrogens with one attached hydrogen (secondary N) is 2. The fraction of sp³-hybridized carbons (Fsp3) is 0.417. The van der Waals surface area contributed by atoms with E-state index in [1.54, 1.807) is 12.0 Å². The Labute approximate surface area is 197 Å². The van der Waals surface area contributed by atoms with Gasteiger partial charge in [-0.1, -0.05) is 28.1 Å². The van der Waals surface area contributed by atoms with E-state index in [-0.39, 0.29) is 24.1 Å². The zero-order valence-electron chi connectivity index (χ0n) is 18.9. The van der Waals surface area contributed by atoms with Gasteiger partial charge < -0.3 is 25.0 Å². The van der Waals surface area contributed by atoms with Crippen LogP contribution in [0.2, 0.25) is 0 Å². The number of methoxy groups -OCH3 is 1. The average molecular weight is 504 g/mol. The number of carbonyl (C=O) groups is 2. The van der Waals surface area contributed by atoms with Crippen molar-refractivity contribution in [1.82, 2.24) is 10.2 Å². The molecule has 2 N–H and O–H groups in total.